The first kappa shape index (κ1) is 14.5. The summed E-state index contributed by atoms with van der Waals surface area (Å²) in [6.07, 6.45) is 1.26. The van der Waals surface area contributed by atoms with E-state index in [1.165, 1.54) is 11.3 Å². The van der Waals surface area contributed by atoms with Gasteiger partial charge >= 0.3 is 0 Å². The van der Waals surface area contributed by atoms with Crippen LogP contribution < -0.4 is 10.6 Å². The number of benzene rings is 1. The normalized spacial score (nSPS) is 11.9. The van der Waals surface area contributed by atoms with Gasteiger partial charge in [0.05, 0.1) is 12.1 Å². The lowest BCUT2D eigenvalue weighted by atomic mass is 10.2. The fourth-order valence-corrected chi connectivity index (χ4v) is 2.41. The zero-order valence-electron chi connectivity index (χ0n) is 11.7. The number of nitrogens with one attached hydrogen (secondary N) is 2. The SMILES string of the molecule is CCC(C)NC(=O)Cc1csc(Nc2ccccc2)n1. The van der Waals surface area contributed by atoms with E-state index in [0.29, 0.717) is 6.42 Å². The minimum Gasteiger partial charge on any atom is -0.353 e. The summed E-state index contributed by atoms with van der Waals surface area (Å²) in [6.45, 7) is 4.05. The number of hydrogen-bond donors (Lipinski definition) is 2. The van der Waals surface area contributed by atoms with E-state index in [9.17, 15) is 4.79 Å². The average Bonchev–Trinajstić information content (AvgIpc) is 2.86. The van der Waals surface area contributed by atoms with Crippen molar-refractivity contribution in [2.75, 3.05) is 5.32 Å². The standard InChI is InChI=1S/C15H19N3OS/c1-3-11(2)16-14(19)9-13-10-20-15(18-13)17-12-7-5-4-6-8-12/h4-8,10-11H,3,9H2,1-2H3,(H,16,19)(H,17,18). The molecule has 1 amide bonds. The maximum absolute atomic E-state index is 11.8. The molecule has 0 saturated heterocycles. The van der Waals surface area contributed by atoms with Gasteiger partial charge in [-0.2, -0.15) is 0 Å². The molecule has 5 heteroatoms. The molecule has 0 aliphatic heterocycles. The van der Waals surface area contributed by atoms with E-state index in [1.807, 2.05) is 42.6 Å². The average molecular weight is 289 g/mol. The maximum atomic E-state index is 11.8. The Hall–Kier alpha value is -1.88. The lowest BCUT2D eigenvalue weighted by molar-refractivity contribution is -0.121. The third-order valence-electron chi connectivity index (χ3n) is 2.94. The van der Waals surface area contributed by atoms with Crippen LogP contribution in [0.1, 0.15) is 26.0 Å². The first-order chi connectivity index (χ1) is 9.67. The minimum atomic E-state index is 0.0240. The molecule has 0 bridgehead atoms. The highest BCUT2D eigenvalue weighted by Gasteiger charge is 2.09. The summed E-state index contributed by atoms with van der Waals surface area (Å²) in [5, 5.41) is 8.89. The van der Waals surface area contributed by atoms with E-state index < -0.39 is 0 Å². The van der Waals surface area contributed by atoms with Crippen molar-refractivity contribution < 1.29 is 4.79 Å². The molecule has 4 nitrogen and oxygen atoms in total. The molecule has 20 heavy (non-hydrogen) atoms. The molecule has 1 unspecified atom stereocenters. The largest absolute Gasteiger partial charge is 0.353 e. The van der Waals surface area contributed by atoms with Gasteiger partial charge in [0.1, 0.15) is 0 Å². The van der Waals surface area contributed by atoms with E-state index in [1.54, 1.807) is 0 Å². The summed E-state index contributed by atoms with van der Waals surface area (Å²) in [5.74, 6) is 0.0240. The zero-order valence-corrected chi connectivity index (χ0v) is 12.5. The van der Waals surface area contributed by atoms with Crippen LogP contribution in [0.2, 0.25) is 0 Å². The number of para-hydroxylation sites is 1. The van der Waals surface area contributed by atoms with Crippen LogP contribution in [0.15, 0.2) is 35.7 Å². The Labute approximate surface area is 123 Å². The van der Waals surface area contributed by atoms with E-state index in [0.717, 1.165) is 22.9 Å². The molecule has 106 valence electrons. The van der Waals surface area contributed by atoms with Crippen molar-refractivity contribution in [3.8, 4) is 0 Å². The van der Waals surface area contributed by atoms with Crippen LogP contribution in [0, 0.1) is 0 Å². The lowest BCUT2D eigenvalue weighted by Crippen LogP contribution is -2.33. The van der Waals surface area contributed by atoms with E-state index in [2.05, 4.69) is 22.5 Å². The van der Waals surface area contributed by atoms with Crippen molar-refractivity contribution in [2.45, 2.75) is 32.7 Å². The lowest BCUT2D eigenvalue weighted by Gasteiger charge is -2.10. The molecule has 1 aromatic heterocycles. The predicted octanol–water partition coefficient (Wildman–Crippen LogP) is 3.34. The molecule has 2 aromatic rings. The maximum Gasteiger partial charge on any atom is 0.226 e. The van der Waals surface area contributed by atoms with Gasteiger partial charge in [0.15, 0.2) is 5.13 Å². The Kier molecular flexibility index (Phi) is 5.12. The first-order valence-corrected chi connectivity index (χ1v) is 7.61. The molecular weight excluding hydrogens is 270 g/mol. The molecule has 0 fully saturated rings. The highest BCUT2D eigenvalue weighted by molar-refractivity contribution is 7.13. The fraction of sp³-hybridized carbons (Fsp3) is 0.333. The highest BCUT2D eigenvalue weighted by Crippen LogP contribution is 2.20. The number of anilines is 2. The van der Waals surface area contributed by atoms with Crippen LogP contribution in [0.5, 0.6) is 0 Å². The first-order valence-electron chi connectivity index (χ1n) is 6.73. The van der Waals surface area contributed by atoms with Crippen molar-refractivity contribution >= 4 is 28.1 Å². The van der Waals surface area contributed by atoms with Crippen molar-refractivity contribution in [3.05, 3.63) is 41.4 Å². The number of aromatic nitrogens is 1. The molecule has 1 aromatic carbocycles. The van der Waals surface area contributed by atoms with Crippen LogP contribution in [-0.4, -0.2) is 16.9 Å². The smallest absolute Gasteiger partial charge is 0.226 e. The van der Waals surface area contributed by atoms with Gasteiger partial charge < -0.3 is 10.6 Å². The number of thiazole rings is 1. The van der Waals surface area contributed by atoms with Crippen LogP contribution in [-0.2, 0) is 11.2 Å². The van der Waals surface area contributed by atoms with Crippen LogP contribution >= 0.6 is 11.3 Å². The van der Waals surface area contributed by atoms with Gasteiger partial charge in [0, 0.05) is 17.1 Å². The molecule has 0 aliphatic carbocycles. The number of carbonyl (C=O) groups is 1. The van der Waals surface area contributed by atoms with Crippen LogP contribution in [0.25, 0.3) is 0 Å². The van der Waals surface area contributed by atoms with Crippen LogP contribution in [0.3, 0.4) is 0 Å². The van der Waals surface area contributed by atoms with Crippen molar-refractivity contribution in [3.63, 3.8) is 0 Å². The molecule has 0 spiro atoms. The second kappa shape index (κ2) is 7.05. The Morgan fingerprint density at radius 3 is 2.80 bits per heavy atom. The van der Waals surface area contributed by atoms with E-state index >= 15 is 0 Å². The van der Waals surface area contributed by atoms with Gasteiger partial charge in [-0.1, -0.05) is 25.1 Å². The van der Waals surface area contributed by atoms with Gasteiger partial charge in [0.25, 0.3) is 0 Å². The van der Waals surface area contributed by atoms with Crippen LogP contribution in [0.4, 0.5) is 10.8 Å². The van der Waals surface area contributed by atoms with E-state index in [-0.39, 0.29) is 11.9 Å². The van der Waals surface area contributed by atoms with E-state index in [4.69, 9.17) is 0 Å². The number of hydrogen-bond acceptors (Lipinski definition) is 4. The number of amides is 1. The third-order valence-corrected chi connectivity index (χ3v) is 3.74. The highest BCUT2D eigenvalue weighted by atomic mass is 32.1. The number of rotatable bonds is 6. The summed E-state index contributed by atoms with van der Waals surface area (Å²) in [5.41, 5.74) is 1.80. The molecule has 0 radical (unpaired) electrons. The molecule has 2 rings (SSSR count). The Bertz CT molecular complexity index is 553. The Morgan fingerprint density at radius 2 is 2.10 bits per heavy atom. The predicted molar refractivity (Wildman–Crippen MR) is 83.4 cm³/mol. The summed E-state index contributed by atoms with van der Waals surface area (Å²) in [7, 11) is 0. The quantitative estimate of drug-likeness (QED) is 0.857. The number of nitrogens with zero attached hydrogens (tertiary/aromatic N) is 1. The summed E-state index contributed by atoms with van der Waals surface area (Å²) in [6, 6.07) is 10.1. The summed E-state index contributed by atoms with van der Waals surface area (Å²) in [4.78, 5) is 16.2. The van der Waals surface area contributed by atoms with Crippen molar-refractivity contribution in [2.24, 2.45) is 0 Å². The minimum absolute atomic E-state index is 0.0240. The Balaban J connectivity index is 1.91. The van der Waals surface area contributed by atoms with Gasteiger partial charge in [-0.05, 0) is 25.5 Å². The second-order valence-electron chi connectivity index (χ2n) is 4.69. The fourth-order valence-electron chi connectivity index (χ4n) is 1.68. The third kappa shape index (κ3) is 4.35. The van der Waals surface area contributed by atoms with Crippen molar-refractivity contribution in [1.29, 1.82) is 0 Å². The van der Waals surface area contributed by atoms with Gasteiger partial charge in [0.2, 0.25) is 5.91 Å². The number of carbonyl (C=O) groups excluding carboxylic acids is 1. The van der Waals surface area contributed by atoms with Gasteiger partial charge in [-0.3, -0.25) is 4.79 Å². The molecule has 1 heterocycles. The van der Waals surface area contributed by atoms with Gasteiger partial charge in [-0.15, -0.1) is 11.3 Å². The summed E-state index contributed by atoms with van der Waals surface area (Å²) < 4.78 is 0. The molecule has 1 atom stereocenters. The summed E-state index contributed by atoms with van der Waals surface area (Å²) >= 11 is 1.51. The second-order valence-corrected chi connectivity index (χ2v) is 5.55. The molecule has 0 saturated carbocycles. The Morgan fingerprint density at radius 1 is 1.35 bits per heavy atom. The molecule has 2 N–H and O–H groups in total. The molecular formula is C15H19N3OS. The van der Waals surface area contributed by atoms with Crippen molar-refractivity contribution in [1.82, 2.24) is 10.3 Å². The zero-order chi connectivity index (χ0) is 14.4. The monoisotopic (exact) mass is 289 g/mol. The van der Waals surface area contributed by atoms with Gasteiger partial charge in [-0.25, -0.2) is 4.98 Å². The molecule has 0 aliphatic rings. The topological polar surface area (TPSA) is 54.0 Å².